The van der Waals surface area contributed by atoms with Gasteiger partial charge in [-0.1, -0.05) is 69.3 Å². The molecule has 5 fully saturated rings. The maximum Gasteiger partial charge on any atom is 0.343 e. The monoisotopic (exact) mass is 570 g/mol. The number of halogens is 1. The molecule has 7 aliphatic rings. The number of hydrogen-bond donors (Lipinski definition) is 0. The summed E-state index contributed by atoms with van der Waals surface area (Å²) >= 11 is 0. The third-order valence-electron chi connectivity index (χ3n) is 11.4. The summed E-state index contributed by atoms with van der Waals surface area (Å²) in [7, 11) is 0. The lowest BCUT2D eigenvalue weighted by Gasteiger charge is -2.52. The van der Waals surface area contributed by atoms with Crippen LogP contribution in [0, 0.1) is 17.3 Å². The predicted octanol–water partition coefficient (Wildman–Crippen LogP) is 5.31. The molecule has 0 aromatic heterocycles. The Bertz CT molecular complexity index is 1630. The summed E-state index contributed by atoms with van der Waals surface area (Å²) in [5.74, 6) is -0.751. The Morgan fingerprint density at radius 2 is 1.67 bits per heavy atom. The second kappa shape index (κ2) is 7.78. The highest BCUT2D eigenvalue weighted by atomic mass is 19.1. The van der Waals surface area contributed by atoms with Gasteiger partial charge < -0.3 is 23.7 Å². The van der Waals surface area contributed by atoms with Crippen molar-refractivity contribution in [2.75, 3.05) is 0 Å². The average molecular weight is 571 g/mol. The molecule has 42 heavy (non-hydrogen) atoms. The number of benzene rings is 2. The van der Waals surface area contributed by atoms with Crippen LogP contribution in [-0.4, -0.2) is 53.2 Å². The van der Waals surface area contributed by atoms with E-state index in [4.69, 9.17) is 23.7 Å². The van der Waals surface area contributed by atoms with Gasteiger partial charge in [-0.05, 0) is 43.2 Å². The Morgan fingerprint density at radius 1 is 0.976 bits per heavy atom. The number of hydrogen-bond acceptors (Lipinski definition) is 7. The molecule has 2 spiro atoms. The first-order valence-corrected chi connectivity index (χ1v) is 14.9. The fourth-order valence-corrected chi connectivity index (χ4v) is 9.30. The molecule has 1 unspecified atom stereocenters. The van der Waals surface area contributed by atoms with E-state index >= 15 is 4.39 Å². The standard InChI is InChI=1S/C34H31FO7/c1-17(2)32-26(41-32)27-34(42-27)31(3)15-14-20-23(21(31)16-22-33(34,40-22)30(32)35)25(39-29(20)37)24(18-10-6-4-7-11-18)38-28(36)19-12-8-5-9-13-19/h4-13,17,21-22,26-27,30H,14-16H2,1-3H3/b25-24+/t21-,22-,26-,27-,30?,31-,32-,33+,34+/m0/s1. The van der Waals surface area contributed by atoms with Crippen molar-refractivity contribution in [3.8, 4) is 0 Å². The molecule has 0 amide bonds. The van der Waals surface area contributed by atoms with Gasteiger partial charge in [-0.3, -0.25) is 0 Å². The molecule has 3 saturated heterocycles. The summed E-state index contributed by atoms with van der Waals surface area (Å²) in [4.78, 5) is 26.7. The van der Waals surface area contributed by atoms with Crippen LogP contribution < -0.4 is 0 Å². The lowest BCUT2D eigenvalue weighted by Crippen LogP contribution is -2.68. The second-order valence-electron chi connectivity index (χ2n) is 13.4. The fourth-order valence-electron chi connectivity index (χ4n) is 9.30. The van der Waals surface area contributed by atoms with Gasteiger partial charge in [-0.25, -0.2) is 14.0 Å². The van der Waals surface area contributed by atoms with Crippen molar-refractivity contribution >= 4 is 17.7 Å². The highest BCUT2D eigenvalue weighted by Gasteiger charge is 3.01. The Hall–Kier alpha value is -3.33. The van der Waals surface area contributed by atoms with E-state index in [0.29, 0.717) is 36.0 Å². The molecule has 0 radical (unpaired) electrons. The first-order chi connectivity index (χ1) is 20.2. The number of ether oxygens (including phenoxy) is 5. The number of esters is 2. The van der Waals surface area contributed by atoms with Crippen molar-refractivity contribution < 1.29 is 37.7 Å². The minimum atomic E-state index is -1.30. The van der Waals surface area contributed by atoms with Gasteiger partial charge in [0.15, 0.2) is 23.3 Å². The van der Waals surface area contributed by atoms with E-state index < -0.39 is 40.3 Å². The van der Waals surface area contributed by atoms with Crippen LogP contribution in [0.15, 0.2) is 77.6 Å². The third-order valence-corrected chi connectivity index (χ3v) is 11.4. The summed E-state index contributed by atoms with van der Waals surface area (Å²) in [6, 6.07) is 17.9. The molecule has 9 atom stereocenters. The third kappa shape index (κ3) is 2.69. The summed E-state index contributed by atoms with van der Waals surface area (Å²) in [5.41, 5.74) is -0.998. The molecule has 8 heteroatoms. The maximum atomic E-state index is 16.7. The molecule has 2 saturated carbocycles. The number of rotatable bonds is 4. The van der Waals surface area contributed by atoms with Crippen molar-refractivity contribution in [1.29, 1.82) is 0 Å². The van der Waals surface area contributed by atoms with Gasteiger partial charge in [0, 0.05) is 22.1 Å². The molecule has 0 N–H and O–H groups in total. The number of alkyl halides is 1. The number of allylic oxidation sites excluding steroid dienone is 1. The Morgan fingerprint density at radius 3 is 2.36 bits per heavy atom. The van der Waals surface area contributed by atoms with Crippen molar-refractivity contribution in [1.82, 2.24) is 0 Å². The summed E-state index contributed by atoms with van der Waals surface area (Å²) in [5, 5.41) is 0. The summed E-state index contributed by atoms with van der Waals surface area (Å²) in [6.07, 6.45) is -0.635. The quantitative estimate of drug-likeness (QED) is 0.280. The van der Waals surface area contributed by atoms with Gasteiger partial charge in [0.2, 0.25) is 0 Å². The lowest BCUT2D eigenvalue weighted by molar-refractivity contribution is -0.133. The number of epoxide rings is 3. The van der Waals surface area contributed by atoms with Crippen molar-refractivity contribution in [2.45, 2.75) is 81.3 Å². The van der Waals surface area contributed by atoms with Crippen molar-refractivity contribution in [2.24, 2.45) is 17.3 Å². The molecule has 4 aliphatic heterocycles. The molecule has 3 aliphatic carbocycles. The average Bonchev–Trinajstić information content (AvgIpc) is 3.91. The molecule has 2 aromatic rings. The Labute approximate surface area is 242 Å². The van der Waals surface area contributed by atoms with E-state index in [-0.39, 0.29) is 41.7 Å². The molecule has 4 heterocycles. The zero-order chi connectivity index (χ0) is 28.8. The molecular formula is C34H31FO7. The first-order valence-electron chi connectivity index (χ1n) is 14.9. The van der Waals surface area contributed by atoms with Crippen LogP contribution in [0.4, 0.5) is 4.39 Å². The maximum absolute atomic E-state index is 16.7. The van der Waals surface area contributed by atoms with Crippen molar-refractivity contribution in [3.05, 3.63) is 88.7 Å². The van der Waals surface area contributed by atoms with E-state index in [1.807, 2.05) is 50.2 Å². The zero-order valence-corrected chi connectivity index (χ0v) is 23.6. The van der Waals surface area contributed by atoms with Crippen LogP contribution in [0.5, 0.6) is 0 Å². The van der Waals surface area contributed by atoms with E-state index in [1.165, 1.54) is 0 Å². The minimum absolute atomic E-state index is 0.00626. The van der Waals surface area contributed by atoms with E-state index in [1.54, 1.807) is 24.3 Å². The highest BCUT2D eigenvalue weighted by molar-refractivity contribution is 5.99. The molecule has 9 rings (SSSR count). The minimum Gasteiger partial charge on any atom is -0.419 e. The molecule has 7 nitrogen and oxygen atoms in total. The van der Waals surface area contributed by atoms with Crippen LogP contribution in [-0.2, 0) is 28.5 Å². The van der Waals surface area contributed by atoms with Gasteiger partial charge in [-0.2, -0.15) is 0 Å². The van der Waals surface area contributed by atoms with E-state index in [0.717, 1.165) is 5.57 Å². The van der Waals surface area contributed by atoms with Gasteiger partial charge >= 0.3 is 11.9 Å². The first kappa shape index (κ1) is 25.2. The normalized spacial score (nSPS) is 44.5. The lowest BCUT2D eigenvalue weighted by atomic mass is 9.46. The highest BCUT2D eigenvalue weighted by Crippen LogP contribution is 2.83. The van der Waals surface area contributed by atoms with Gasteiger partial charge in [-0.15, -0.1) is 0 Å². The SMILES string of the molecule is CC(C)[C@]12O[C@H]1[C@@H]1O[C@@]13[C@@]1(C)CCC4=C(/C(=C(\OC(=O)c5ccccc5)c5ccccc5)OC4=O)[C@@H]1C[C@@H]1O[C@@]13C2F. The Balaban J connectivity index is 1.17. The van der Waals surface area contributed by atoms with Gasteiger partial charge in [0.05, 0.1) is 11.7 Å². The zero-order valence-electron chi connectivity index (χ0n) is 23.6. The van der Waals surface area contributed by atoms with E-state index in [2.05, 4.69) is 6.92 Å². The fraction of sp³-hybridized carbons (Fsp3) is 0.471. The molecule has 2 aromatic carbocycles. The van der Waals surface area contributed by atoms with Crippen LogP contribution in [0.25, 0.3) is 5.76 Å². The predicted molar refractivity (Wildman–Crippen MR) is 146 cm³/mol. The van der Waals surface area contributed by atoms with Gasteiger partial charge in [0.25, 0.3) is 0 Å². The molecule has 216 valence electrons. The van der Waals surface area contributed by atoms with Crippen LogP contribution in [0.3, 0.4) is 0 Å². The number of cyclic esters (lactones) is 1. The summed E-state index contributed by atoms with van der Waals surface area (Å²) in [6.45, 7) is 6.15. The second-order valence-corrected chi connectivity index (χ2v) is 13.4. The topological polar surface area (TPSA) is 90.2 Å². The molecular weight excluding hydrogens is 539 g/mol. The van der Waals surface area contributed by atoms with Crippen LogP contribution in [0.1, 0.15) is 56.0 Å². The smallest absolute Gasteiger partial charge is 0.343 e. The largest absolute Gasteiger partial charge is 0.419 e. The van der Waals surface area contributed by atoms with Crippen LogP contribution in [0.2, 0.25) is 0 Å². The number of carbonyl (C=O) groups excluding carboxylic acids is 2. The van der Waals surface area contributed by atoms with Crippen molar-refractivity contribution in [3.63, 3.8) is 0 Å². The number of fused-ring (bicyclic) bond motifs is 4. The van der Waals surface area contributed by atoms with E-state index in [9.17, 15) is 9.59 Å². The van der Waals surface area contributed by atoms with Gasteiger partial charge in [0.1, 0.15) is 23.4 Å². The summed E-state index contributed by atoms with van der Waals surface area (Å²) < 4.78 is 47.9. The number of carbonyl (C=O) groups is 2. The van der Waals surface area contributed by atoms with Crippen LogP contribution >= 0.6 is 0 Å². The Kier molecular flexibility index (Phi) is 4.67. The molecule has 0 bridgehead atoms.